The Balaban J connectivity index is 1.75. The second-order valence-electron chi connectivity index (χ2n) is 5.85. The predicted molar refractivity (Wildman–Crippen MR) is 91.9 cm³/mol. The number of rotatable bonds is 8. The third-order valence-electron chi connectivity index (χ3n) is 3.29. The molecule has 0 aliphatic rings. The Morgan fingerprint density at radius 2 is 1.58 bits per heavy atom. The quantitative estimate of drug-likeness (QED) is 0.786. The van der Waals surface area contributed by atoms with Gasteiger partial charge in [-0.25, -0.2) is 4.39 Å². The standard InChI is InChI=1S/C19H22FNO3/c1-14(2)11-12-23-17-7-9-18(10-8-17)24-13-19(22)21-16-5-3-15(20)4-6-16/h3-10,14H,11-13H2,1-2H3,(H,21,22). The lowest BCUT2D eigenvalue weighted by atomic mass is 10.1. The summed E-state index contributed by atoms with van der Waals surface area (Å²) in [5.74, 6) is 1.31. The van der Waals surface area contributed by atoms with Gasteiger partial charge in [0.1, 0.15) is 17.3 Å². The molecule has 0 spiro atoms. The third kappa shape index (κ3) is 6.28. The number of ether oxygens (including phenoxy) is 2. The normalized spacial score (nSPS) is 10.5. The predicted octanol–water partition coefficient (Wildman–Crippen LogP) is 4.27. The number of carbonyl (C=O) groups excluding carboxylic acids is 1. The molecule has 128 valence electrons. The van der Waals surface area contributed by atoms with Gasteiger partial charge in [0.05, 0.1) is 6.61 Å². The Hall–Kier alpha value is -2.56. The summed E-state index contributed by atoms with van der Waals surface area (Å²) in [5, 5.41) is 2.63. The molecule has 0 heterocycles. The minimum Gasteiger partial charge on any atom is -0.494 e. The maximum absolute atomic E-state index is 12.8. The van der Waals surface area contributed by atoms with Crippen LogP contribution in [-0.4, -0.2) is 19.1 Å². The third-order valence-corrected chi connectivity index (χ3v) is 3.29. The van der Waals surface area contributed by atoms with E-state index >= 15 is 0 Å². The van der Waals surface area contributed by atoms with E-state index in [0.29, 0.717) is 24.0 Å². The van der Waals surface area contributed by atoms with Crippen LogP contribution in [0.1, 0.15) is 20.3 Å². The van der Waals surface area contributed by atoms with E-state index in [-0.39, 0.29) is 18.3 Å². The summed E-state index contributed by atoms with van der Waals surface area (Å²) in [6, 6.07) is 12.7. The largest absolute Gasteiger partial charge is 0.494 e. The molecule has 0 unspecified atom stereocenters. The van der Waals surface area contributed by atoms with Crippen LogP contribution in [0.5, 0.6) is 11.5 Å². The number of benzene rings is 2. The Labute approximate surface area is 141 Å². The van der Waals surface area contributed by atoms with Crippen LogP contribution >= 0.6 is 0 Å². The second-order valence-corrected chi connectivity index (χ2v) is 5.85. The van der Waals surface area contributed by atoms with E-state index in [9.17, 15) is 9.18 Å². The van der Waals surface area contributed by atoms with Crippen molar-refractivity contribution in [2.45, 2.75) is 20.3 Å². The van der Waals surface area contributed by atoms with Gasteiger partial charge in [-0.3, -0.25) is 4.79 Å². The topological polar surface area (TPSA) is 47.6 Å². The SMILES string of the molecule is CC(C)CCOc1ccc(OCC(=O)Nc2ccc(F)cc2)cc1. The molecule has 1 N–H and O–H groups in total. The molecule has 0 bridgehead atoms. The number of amides is 1. The van der Waals surface area contributed by atoms with Crippen molar-refractivity contribution >= 4 is 11.6 Å². The average molecular weight is 331 g/mol. The summed E-state index contributed by atoms with van der Waals surface area (Å²) in [6.07, 6.45) is 1.00. The van der Waals surface area contributed by atoms with Crippen molar-refractivity contribution in [1.29, 1.82) is 0 Å². The number of anilines is 1. The van der Waals surface area contributed by atoms with Crippen LogP contribution in [0.15, 0.2) is 48.5 Å². The summed E-state index contributed by atoms with van der Waals surface area (Å²) >= 11 is 0. The van der Waals surface area contributed by atoms with Crippen LogP contribution in [0.25, 0.3) is 0 Å². The van der Waals surface area contributed by atoms with E-state index in [0.717, 1.165) is 12.2 Å². The van der Waals surface area contributed by atoms with Gasteiger partial charge in [0.2, 0.25) is 0 Å². The fourth-order valence-corrected chi connectivity index (χ4v) is 1.92. The van der Waals surface area contributed by atoms with Gasteiger partial charge in [-0.15, -0.1) is 0 Å². The van der Waals surface area contributed by atoms with Crippen molar-refractivity contribution in [2.24, 2.45) is 5.92 Å². The lowest BCUT2D eigenvalue weighted by Crippen LogP contribution is -2.20. The highest BCUT2D eigenvalue weighted by atomic mass is 19.1. The zero-order valence-electron chi connectivity index (χ0n) is 13.9. The molecule has 0 saturated carbocycles. The van der Waals surface area contributed by atoms with Crippen molar-refractivity contribution in [3.8, 4) is 11.5 Å². The van der Waals surface area contributed by atoms with E-state index in [1.807, 2.05) is 12.1 Å². The summed E-state index contributed by atoms with van der Waals surface area (Å²) in [4.78, 5) is 11.8. The highest BCUT2D eigenvalue weighted by Crippen LogP contribution is 2.18. The molecule has 0 radical (unpaired) electrons. The fraction of sp³-hybridized carbons (Fsp3) is 0.316. The average Bonchev–Trinajstić information content (AvgIpc) is 2.56. The van der Waals surface area contributed by atoms with E-state index in [2.05, 4.69) is 19.2 Å². The molecule has 2 aromatic rings. The van der Waals surface area contributed by atoms with Crippen LogP contribution < -0.4 is 14.8 Å². The van der Waals surface area contributed by atoms with Crippen molar-refractivity contribution in [3.05, 3.63) is 54.3 Å². The lowest BCUT2D eigenvalue weighted by Gasteiger charge is -2.10. The zero-order valence-corrected chi connectivity index (χ0v) is 13.9. The Bertz CT molecular complexity index is 639. The van der Waals surface area contributed by atoms with Gasteiger partial charge in [-0.1, -0.05) is 13.8 Å². The molecule has 24 heavy (non-hydrogen) atoms. The molecule has 5 heteroatoms. The Kier molecular flexibility index (Phi) is 6.61. The maximum Gasteiger partial charge on any atom is 0.262 e. The first-order valence-electron chi connectivity index (χ1n) is 7.94. The van der Waals surface area contributed by atoms with Crippen molar-refractivity contribution < 1.29 is 18.7 Å². The highest BCUT2D eigenvalue weighted by molar-refractivity contribution is 5.91. The minimum atomic E-state index is -0.347. The smallest absolute Gasteiger partial charge is 0.262 e. The van der Waals surface area contributed by atoms with Crippen molar-refractivity contribution in [2.75, 3.05) is 18.5 Å². The molecule has 2 aromatic carbocycles. The van der Waals surface area contributed by atoms with Crippen molar-refractivity contribution in [1.82, 2.24) is 0 Å². The van der Waals surface area contributed by atoms with Gasteiger partial charge >= 0.3 is 0 Å². The summed E-state index contributed by atoms with van der Waals surface area (Å²) in [5.41, 5.74) is 0.527. The number of hydrogen-bond donors (Lipinski definition) is 1. The first-order valence-corrected chi connectivity index (χ1v) is 7.94. The molecule has 0 aromatic heterocycles. The van der Waals surface area contributed by atoms with Crippen LogP contribution in [0, 0.1) is 11.7 Å². The monoisotopic (exact) mass is 331 g/mol. The van der Waals surface area contributed by atoms with E-state index in [1.54, 1.807) is 12.1 Å². The summed E-state index contributed by atoms with van der Waals surface area (Å²) < 4.78 is 23.8. The zero-order chi connectivity index (χ0) is 17.4. The van der Waals surface area contributed by atoms with E-state index < -0.39 is 0 Å². The van der Waals surface area contributed by atoms with E-state index in [4.69, 9.17) is 9.47 Å². The van der Waals surface area contributed by atoms with Gasteiger partial charge in [0.15, 0.2) is 6.61 Å². The molecule has 0 aliphatic carbocycles. The van der Waals surface area contributed by atoms with Crippen LogP contribution in [-0.2, 0) is 4.79 Å². The molecule has 0 fully saturated rings. The number of nitrogens with one attached hydrogen (secondary N) is 1. The molecule has 1 amide bonds. The highest BCUT2D eigenvalue weighted by Gasteiger charge is 2.04. The summed E-state index contributed by atoms with van der Waals surface area (Å²) in [7, 11) is 0. The van der Waals surface area contributed by atoms with Crippen LogP contribution in [0.4, 0.5) is 10.1 Å². The second kappa shape index (κ2) is 8.91. The van der Waals surface area contributed by atoms with E-state index in [1.165, 1.54) is 24.3 Å². The lowest BCUT2D eigenvalue weighted by molar-refractivity contribution is -0.118. The molecule has 0 aliphatic heterocycles. The first-order chi connectivity index (χ1) is 11.5. The van der Waals surface area contributed by atoms with Crippen LogP contribution in [0.2, 0.25) is 0 Å². The van der Waals surface area contributed by atoms with Gasteiger partial charge in [-0.05, 0) is 60.9 Å². The molecular weight excluding hydrogens is 309 g/mol. The van der Waals surface area contributed by atoms with Crippen LogP contribution in [0.3, 0.4) is 0 Å². The number of halogens is 1. The number of carbonyl (C=O) groups is 1. The van der Waals surface area contributed by atoms with Crippen molar-refractivity contribution in [3.63, 3.8) is 0 Å². The molecule has 2 rings (SSSR count). The number of hydrogen-bond acceptors (Lipinski definition) is 3. The van der Waals surface area contributed by atoms with Gasteiger partial charge < -0.3 is 14.8 Å². The molecule has 0 atom stereocenters. The maximum atomic E-state index is 12.8. The summed E-state index contributed by atoms with van der Waals surface area (Å²) in [6.45, 7) is 4.86. The van der Waals surface area contributed by atoms with Gasteiger partial charge in [-0.2, -0.15) is 0 Å². The fourth-order valence-electron chi connectivity index (χ4n) is 1.92. The van der Waals surface area contributed by atoms with Gasteiger partial charge in [0.25, 0.3) is 5.91 Å². The Morgan fingerprint density at radius 3 is 2.17 bits per heavy atom. The minimum absolute atomic E-state index is 0.120. The van der Waals surface area contributed by atoms with Gasteiger partial charge in [0, 0.05) is 5.69 Å². The molecule has 4 nitrogen and oxygen atoms in total. The molecule has 0 saturated heterocycles. The molecular formula is C19H22FNO3. The first kappa shape index (κ1) is 17.8. The Morgan fingerprint density at radius 1 is 1.00 bits per heavy atom.